The van der Waals surface area contributed by atoms with E-state index < -0.39 is 17.7 Å². The Hall–Kier alpha value is -3.86. The van der Waals surface area contributed by atoms with E-state index in [9.17, 15) is 19.8 Å². The highest BCUT2D eigenvalue weighted by atomic mass is 16.3. The number of Topliss-reactive ketones (excluding diaryl/α,β-unsaturated/α-hetero) is 1. The first-order chi connectivity index (χ1) is 16.0. The van der Waals surface area contributed by atoms with Gasteiger partial charge in [0.25, 0.3) is 11.7 Å². The Morgan fingerprint density at radius 3 is 2.33 bits per heavy atom. The van der Waals surface area contributed by atoms with Crippen LogP contribution in [0.2, 0.25) is 0 Å². The fourth-order valence-corrected chi connectivity index (χ4v) is 4.92. The van der Waals surface area contributed by atoms with Gasteiger partial charge in [0.05, 0.1) is 11.6 Å². The molecule has 0 saturated carbocycles. The number of anilines is 1. The highest BCUT2D eigenvalue weighted by Gasteiger charge is 2.47. The maximum atomic E-state index is 13.3. The van der Waals surface area contributed by atoms with Crippen molar-refractivity contribution in [2.24, 2.45) is 0 Å². The third-order valence-electron chi connectivity index (χ3n) is 6.65. The Bertz CT molecular complexity index is 1290. The van der Waals surface area contributed by atoms with Gasteiger partial charge in [-0.05, 0) is 79.1 Å². The lowest BCUT2D eigenvalue weighted by molar-refractivity contribution is -0.132. The smallest absolute Gasteiger partial charge is 0.300 e. The quantitative estimate of drug-likeness (QED) is 0.334. The summed E-state index contributed by atoms with van der Waals surface area (Å²) in [6.45, 7) is 1.88. The largest absolute Gasteiger partial charge is 0.508 e. The summed E-state index contributed by atoms with van der Waals surface area (Å²) in [6, 6.07) is 18.7. The lowest BCUT2D eigenvalue weighted by atomic mass is 9.88. The van der Waals surface area contributed by atoms with Crippen molar-refractivity contribution in [1.82, 2.24) is 0 Å². The van der Waals surface area contributed by atoms with Gasteiger partial charge in [0.2, 0.25) is 0 Å². The number of hydrogen-bond donors (Lipinski definition) is 2. The number of aliphatic hydroxyl groups excluding tert-OH is 1. The van der Waals surface area contributed by atoms with E-state index in [1.54, 1.807) is 18.2 Å². The monoisotopic (exact) mass is 439 g/mol. The minimum absolute atomic E-state index is 0.0599. The molecule has 5 rings (SSSR count). The number of benzene rings is 3. The van der Waals surface area contributed by atoms with Crippen molar-refractivity contribution in [3.63, 3.8) is 0 Å². The number of fused-ring (bicyclic) bond motifs is 1. The second-order valence-electron chi connectivity index (χ2n) is 8.74. The third-order valence-corrected chi connectivity index (χ3v) is 6.65. The van der Waals surface area contributed by atoms with Crippen LogP contribution in [0.1, 0.15) is 46.7 Å². The lowest BCUT2D eigenvalue weighted by Gasteiger charge is -2.27. The predicted molar refractivity (Wildman–Crippen MR) is 127 cm³/mol. The van der Waals surface area contributed by atoms with Gasteiger partial charge in [0.15, 0.2) is 0 Å². The number of aliphatic hydroxyl groups is 1. The van der Waals surface area contributed by atoms with Crippen molar-refractivity contribution < 1.29 is 19.8 Å². The molecule has 3 aromatic carbocycles. The highest BCUT2D eigenvalue weighted by molar-refractivity contribution is 6.51. The summed E-state index contributed by atoms with van der Waals surface area (Å²) >= 11 is 0. The van der Waals surface area contributed by atoms with Gasteiger partial charge in [-0.3, -0.25) is 14.5 Å². The molecular weight excluding hydrogens is 414 g/mol. The van der Waals surface area contributed by atoms with E-state index >= 15 is 0 Å². The van der Waals surface area contributed by atoms with Gasteiger partial charge in [-0.15, -0.1) is 0 Å². The standard InChI is InChI=1S/C28H25NO4/c1-17-6-2-5-9-23(17)29-25(19-12-14-22(30)15-13-19)24(27(32)28(29)33)26(31)21-11-10-18-7-3-4-8-20(18)16-21/h2,5-6,9-16,25,30-31H,3-4,7-8H2,1H3/b26-24-. The van der Waals surface area contributed by atoms with Crippen LogP contribution < -0.4 is 4.90 Å². The van der Waals surface area contributed by atoms with Crippen molar-refractivity contribution in [1.29, 1.82) is 0 Å². The zero-order valence-electron chi connectivity index (χ0n) is 18.4. The number of carbonyl (C=O) groups excluding carboxylic acids is 2. The molecule has 33 heavy (non-hydrogen) atoms. The van der Waals surface area contributed by atoms with Gasteiger partial charge in [-0.1, -0.05) is 42.5 Å². The van der Waals surface area contributed by atoms with E-state index in [4.69, 9.17) is 0 Å². The molecule has 0 aromatic heterocycles. The Morgan fingerprint density at radius 2 is 1.61 bits per heavy atom. The van der Waals surface area contributed by atoms with Gasteiger partial charge in [-0.25, -0.2) is 0 Å². The maximum Gasteiger partial charge on any atom is 0.300 e. The Kier molecular flexibility index (Phi) is 5.25. The number of phenolic OH excluding ortho intramolecular Hbond substituents is 1. The number of para-hydroxylation sites is 1. The molecule has 0 spiro atoms. The number of hydrogen-bond acceptors (Lipinski definition) is 4. The van der Waals surface area contributed by atoms with Crippen molar-refractivity contribution in [2.45, 2.75) is 38.6 Å². The molecule has 0 bridgehead atoms. The van der Waals surface area contributed by atoms with Gasteiger partial charge in [0, 0.05) is 11.3 Å². The van der Waals surface area contributed by atoms with Crippen molar-refractivity contribution >= 4 is 23.1 Å². The van der Waals surface area contributed by atoms with Crippen LogP contribution in [-0.2, 0) is 22.4 Å². The molecule has 5 nitrogen and oxygen atoms in total. The van der Waals surface area contributed by atoms with Gasteiger partial charge >= 0.3 is 0 Å². The number of carbonyl (C=O) groups is 2. The van der Waals surface area contributed by atoms with Crippen molar-refractivity contribution in [2.75, 3.05) is 4.90 Å². The van der Waals surface area contributed by atoms with Crippen LogP contribution in [-0.4, -0.2) is 21.9 Å². The first-order valence-corrected chi connectivity index (χ1v) is 11.2. The fraction of sp³-hybridized carbons (Fsp3) is 0.214. The Labute approximate surface area is 192 Å². The zero-order valence-corrected chi connectivity index (χ0v) is 18.4. The van der Waals surface area contributed by atoms with Crippen LogP contribution in [0.4, 0.5) is 5.69 Å². The first kappa shape index (κ1) is 21.0. The van der Waals surface area contributed by atoms with E-state index in [1.807, 2.05) is 43.3 Å². The second kappa shape index (κ2) is 8.24. The van der Waals surface area contributed by atoms with E-state index in [0.29, 0.717) is 16.8 Å². The molecule has 1 unspecified atom stereocenters. The van der Waals surface area contributed by atoms with Crippen LogP contribution in [0.3, 0.4) is 0 Å². The third kappa shape index (κ3) is 3.59. The SMILES string of the molecule is Cc1ccccc1N1C(=O)C(=O)/C(=C(\O)c2ccc3c(c2)CCCC3)C1c1ccc(O)cc1. The summed E-state index contributed by atoms with van der Waals surface area (Å²) in [5, 5.41) is 21.1. The zero-order chi connectivity index (χ0) is 23.1. The van der Waals surface area contributed by atoms with E-state index in [0.717, 1.165) is 31.2 Å². The second-order valence-corrected chi connectivity index (χ2v) is 8.74. The Morgan fingerprint density at radius 1 is 0.909 bits per heavy atom. The first-order valence-electron chi connectivity index (χ1n) is 11.2. The molecule has 1 atom stereocenters. The summed E-state index contributed by atoms with van der Waals surface area (Å²) < 4.78 is 0. The highest BCUT2D eigenvalue weighted by Crippen LogP contribution is 2.43. The average molecular weight is 440 g/mol. The topological polar surface area (TPSA) is 77.8 Å². The van der Waals surface area contributed by atoms with Crippen LogP contribution >= 0.6 is 0 Å². The molecule has 1 heterocycles. The number of amides is 1. The molecule has 5 heteroatoms. The van der Waals surface area contributed by atoms with Crippen LogP contribution in [0.5, 0.6) is 5.75 Å². The number of ketones is 1. The Balaban J connectivity index is 1.71. The van der Waals surface area contributed by atoms with E-state index in [-0.39, 0.29) is 17.1 Å². The molecule has 0 radical (unpaired) electrons. The lowest BCUT2D eigenvalue weighted by Crippen LogP contribution is -2.30. The maximum absolute atomic E-state index is 13.3. The number of aromatic hydroxyl groups is 1. The van der Waals surface area contributed by atoms with Crippen molar-refractivity contribution in [3.05, 3.63) is 100 Å². The van der Waals surface area contributed by atoms with E-state index in [2.05, 4.69) is 0 Å². The molecule has 166 valence electrons. The summed E-state index contributed by atoms with van der Waals surface area (Å²) in [5.41, 5.74) is 5.15. The minimum atomic E-state index is -0.803. The fourth-order valence-electron chi connectivity index (χ4n) is 4.92. The molecule has 2 N–H and O–H groups in total. The molecule has 2 aliphatic rings. The number of phenols is 1. The molecule has 1 fully saturated rings. The molecule has 3 aromatic rings. The minimum Gasteiger partial charge on any atom is -0.508 e. The predicted octanol–water partition coefficient (Wildman–Crippen LogP) is 5.21. The normalized spacial score (nSPS) is 19.5. The van der Waals surface area contributed by atoms with Gasteiger partial charge in [-0.2, -0.15) is 0 Å². The molecule has 1 saturated heterocycles. The van der Waals surface area contributed by atoms with Crippen LogP contribution in [0.25, 0.3) is 5.76 Å². The van der Waals surface area contributed by atoms with Crippen molar-refractivity contribution in [3.8, 4) is 5.75 Å². The van der Waals surface area contributed by atoms with Crippen LogP contribution in [0, 0.1) is 6.92 Å². The van der Waals surface area contributed by atoms with E-state index in [1.165, 1.54) is 28.2 Å². The molecule has 1 aliphatic carbocycles. The van der Waals surface area contributed by atoms with Gasteiger partial charge in [0.1, 0.15) is 11.5 Å². The summed E-state index contributed by atoms with van der Waals surface area (Å²) in [7, 11) is 0. The number of nitrogens with zero attached hydrogens (tertiary/aromatic N) is 1. The van der Waals surface area contributed by atoms with Crippen LogP contribution in [0.15, 0.2) is 72.3 Å². The molecular formula is C28H25NO4. The summed E-state index contributed by atoms with van der Waals surface area (Å²) in [5.74, 6) is -1.48. The molecule has 1 aliphatic heterocycles. The number of rotatable bonds is 3. The number of aryl methyl sites for hydroxylation is 3. The molecule has 1 amide bonds. The van der Waals surface area contributed by atoms with Gasteiger partial charge < -0.3 is 10.2 Å². The average Bonchev–Trinajstić information content (AvgIpc) is 3.09. The summed E-state index contributed by atoms with van der Waals surface area (Å²) in [6.07, 6.45) is 4.21. The summed E-state index contributed by atoms with van der Waals surface area (Å²) in [4.78, 5) is 28.0.